The van der Waals surface area contributed by atoms with Crippen LogP contribution in [-0.4, -0.2) is 39.5 Å². The Morgan fingerprint density at radius 1 is 1.33 bits per heavy atom. The van der Waals surface area contributed by atoms with Gasteiger partial charge in [-0.2, -0.15) is 0 Å². The van der Waals surface area contributed by atoms with Gasteiger partial charge in [0.05, 0.1) is 19.0 Å². The second kappa shape index (κ2) is 7.20. The number of ether oxygens (including phenoxy) is 1. The monoisotopic (exact) mass is 332 g/mol. The Hall–Kier alpha value is -2.77. The maximum absolute atomic E-state index is 12.3. The van der Waals surface area contributed by atoms with Gasteiger partial charge in [0.1, 0.15) is 11.1 Å². The molecule has 2 aromatic rings. The average molecular weight is 332 g/mol. The van der Waals surface area contributed by atoms with Crippen LogP contribution in [0.25, 0.3) is 10.9 Å². The minimum absolute atomic E-state index is 0.000485. The van der Waals surface area contributed by atoms with Gasteiger partial charge in [0.2, 0.25) is 5.91 Å². The van der Waals surface area contributed by atoms with E-state index in [9.17, 15) is 14.4 Å². The van der Waals surface area contributed by atoms with E-state index in [0.717, 1.165) is 4.68 Å². The molecule has 24 heavy (non-hydrogen) atoms. The number of carbonyl (C=O) groups is 2. The normalized spacial score (nSPS) is 13.3. The molecule has 1 heterocycles. The Balaban J connectivity index is 2.08. The molecule has 0 aliphatic rings. The smallest absolute Gasteiger partial charge is 0.331 e. The topological polar surface area (TPSA) is 103 Å². The lowest BCUT2D eigenvalue weighted by atomic mass is 9.99. The molecule has 0 saturated heterocycles. The number of fused-ring (bicyclic) bond motifs is 1. The molecule has 0 aliphatic heterocycles. The van der Waals surface area contributed by atoms with E-state index in [1.54, 1.807) is 38.1 Å². The van der Waals surface area contributed by atoms with E-state index < -0.39 is 11.5 Å². The van der Waals surface area contributed by atoms with Crippen molar-refractivity contribution in [2.45, 2.75) is 38.8 Å². The number of nitrogens with one attached hydrogen (secondary N) is 1. The van der Waals surface area contributed by atoms with E-state index >= 15 is 0 Å². The summed E-state index contributed by atoms with van der Waals surface area (Å²) >= 11 is 0. The third-order valence-corrected chi connectivity index (χ3v) is 3.94. The predicted molar refractivity (Wildman–Crippen MR) is 87.3 cm³/mol. The highest BCUT2D eigenvalue weighted by Gasteiger charge is 2.33. The van der Waals surface area contributed by atoms with Crippen molar-refractivity contribution in [1.82, 2.24) is 20.3 Å². The number of esters is 1. The zero-order valence-corrected chi connectivity index (χ0v) is 13.9. The standard InChI is InChI=1S/C16H20N4O4/c1-4-16(2,15(23)24-3)17-13(21)9-10-20-14(22)11-7-5-6-8-12(11)18-19-20/h5-8H,4,9-10H2,1-3H3,(H,17,21)/t16-/m1/s1. The van der Waals surface area contributed by atoms with Gasteiger partial charge in [0, 0.05) is 6.42 Å². The Labute approximate surface area is 138 Å². The van der Waals surface area contributed by atoms with Crippen molar-refractivity contribution in [3.8, 4) is 0 Å². The Morgan fingerprint density at radius 3 is 2.71 bits per heavy atom. The second-order valence-electron chi connectivity index (χ2n) is 5.61. The molecule has 1 aromatic carbocycles. The SMILES string of the molecule is CC[C@@](C)(NC(=O)CCn1nnc2ccccc2c1=O)C(=O)OC. The van der Waals surface area contributed by atoms with Crippen LogP contribution in [0.5, 0.6) is 0 Å². The molecule has 1 atom stereocenters. The van der Waals surface area contributed by atoms with Crippen molar-refractivity contribution in [2.75, 3.05) is 7.11 Å². The molecule has 1 aromatic heterocycles. The summed E-state index contributed by atoms with van der Waals surface area (Å²) in [5.41, 5.74) is -0.890. The van der Waals surface area contributed by atoms with E-state index in [4.69, 9.17) is 4.74 Å². The van der Waals surface area contributed by atoms with Gasteiger partial charge >= 0.3 is 5.97 Å². The van der Waals surface area contributed by atoms with Crippen molar-refractivity contribution in [3.63, 3.8) is 0 Å². The molecule has 0 spiro atoms. The molecule has 8 nitrogen and oxygen atoms in total. The van der Waals surface area contributed by atoms with Crippen LogP contribution in [0.2, 0.25) is 0 Å². The van der Waals surface area contributed by atoms with E-state index in [2.05, 4.69) is 15.6 Å². The number of aromatic nitrogens is 3. The van der Waals surface area contributed by atoms with Crippen LogP contribution in [0.3, 0.4) is 0 Å². The summed E-state index contributed by atoms with van der Waals surface area (Å²) in [4.78, 5) is 36.2. The molecule has 2 rings (SSSR count). The third kappa shape index (κ3) is 3.58. The number of hydrogen-bond acceptors (Lipinski definition) is 6. The first-order chi connectivity index (χ1) is 11.4. The third-order valence-electron chi connectivity index (χ3n) is 3.94. The van der Waals surface area contributed by atoms with Crippen LogP contribution < -0.4 is 10.9 Å². The van der Waals surface area contributed by atoms with E-state index in [0.29, 0.717) is 17.3 Å². The zero-order valence-electron chi connectivity index (χ0n) is 13.9. The molecular weight excluding hydrogens is 312 g/mol. The highest BCUT2D eigenvalue weighted by atomic mass is 16.5. The van der Waals surface area contributed by atoms with Crippen LogP contribution in [0.4, 0.5) is 0 Å². The molecule has 1 amide bonds. The van der Waals surface area contributed by atoms with Crippen molar-refractivity contribution >= 4 is 22.8 Å². The molecule has 1 N–H and O–H groups in total. The van der Waals surface area contributed by atoms with E-state index in [1.807, 2.05) is 0 Å². The summed E-state index contributed by atoms with van der Waals surface area (Å²) in [5, 5.41) is 10.9. The Morgan fingerprint density at radius 2 is 2.04 bits per heavy atom. The van der Waals surface area contributed by atoms with Gasteiger partial charge in [-0.15, -0.1) is 5.10 Å². The van der Waals surface area contributed by atoms with E-state index in [-0.39, 0.29) is 24.4 Å². The summed E-state index contributed by atoms with van der Waals surface area (Å²) in [6.07, 6.45) is 0.390. The minimum Gasteiger partial charge on any atom is -0.467 e. The first kappa shape index (κ1) is 17.6. The van der Waals surface area contributed by atoms with Crippen molar-refractivity contribution < 1.29 is 14.3 Å². The number of carbonyl (C=O) groups excluding carboxylic acids is 2. The maximum atomic E-state index is 12.3. The van der Waals surface area contributed by atoms with Gasteiger partial charge < -0.3 is 10.1 Å². The molecule has 128 valence electrons. The van der Waals surface area contributed by atoms with Crippen molar-refractivity contribution in [1.29, 1.82) is 0 Å². The molecule has 0 bridgehead atoms. The highest BCUT2D eigenvalue weighted by molar-refractivity contribution is 5.87. The molecule has 0 unspecified atom stereocenters. The predicted octanol–water partition coefficient (Wildman–Crippen LogP) is 0.639. The van der Waals surface area contributed by atoms with Crippen LogP contribution in [0, 0.1) is 0 Å². The fourth-order valence-electron chi connectivity index (χ4n) is 2.26. The lowest BCUT2D eigenvalue weighted by Gasteiger charge is -2.26. The summed E-state index contributed by atoms with van der Waals surface area (Å²) in [7, 11) is 1.27. The van der Waals surface area contributed by atoms with Crippen molar-refractivity contribution in [2.24, 2.45) is 0 Å². The number of hydrogen-bond donors (Lipinski definition) is 1. The van der Waals surface area contributed by atoms with Gasteiger partial charge in [-0.3, -0.25) is 9.59 Å². The number of aryl methyl sites for hydroxylation is 1. The number of amides is 1. The zero-order chi connectivity index (χ0) is 17.7. The lowest BCUT2D eigenvalue weighted by Crippen LogP contribution is -2.52. The molecule has 8 heteroatoms. The average Bonchev–Trinajstić information content (AvgIpc) is 2.60. The molecule has 0 saturated carbocycles. The lowest BCUT2D eigenvalue weighted by molar-refractivity contribution is -0.150. The fourth-order valence-corrected chi connectivity index (χ4v) is 2.26. The molecule has 0 aliphatic carbocycles. The number of rotatable bonds is 6. The first-order valence-electron chi connectivity index (χ1n) is 7.63. The van der Waals surface area contributed by atoms with Crippen molar-refractivity contribution in [3.05, 3.63) is 34.6 Å². The van der Waals surface area contributed by atoms with Crippen LogP contribution in [0.15, 0.2) is 29.1 Å². The molecule has 0 fully saturated rings. The largest absolute Gasteiger partial charge is 0.467 e. The van der Waals surface area contributed by atoms with Crippen LogP contribution in [-0.2, 0) is 20.9 Å². The number of methoxy groups -OCH3 is 1. The van der Waals surface area contributed by atoms with Gasteiger partial charge in [0.25, 0.3) is 5.56 Å². The summed E-state index contributed by atoms with van der Waals surface area (Å²) < 4.78 is 5.85. The quantitative estimate of drug-likeness (QED) is 0.779. The fraction of sp³-hybridized carbons (Fsp3) is 0.438. The number of nitrogens with zero attached hydrogens (tertiary/aromatic N) is 3. The summed E-state index contributed by atoms with van der Waals surface area (Å²) in [5.74, 6) is -0.882. The Bertz CT molecular complexity index is 817. The minimum atomic E-state index is -1.09. The van der Waals surface area contributed by atoms with Crippen LogP contribution >= 0.6 is 0 Å². The second-order valence-corrected chi connectivity index (χ2v) is 5.61. The van der Waals surface area contributed by atoms with Gasteiger partial charge in [-0.25, -0.2) is 9.48 Å². The van der Waals surface area contributed by atoms with Gasteiger partial charge in [-0.05, 0) is 25.5 Å². The molecule has 0 radical (unpaired) electrons. The summed E-state index contributed by atoms with van der Waals surface area (Å²) in [6, 6.07) is 6.87. The highest BCUT2D eigenvalue weighted by Crippen LogP contribution is 2.11. The Kier molecular flexibility index (Phi) is 5.28. The summed E-state index contributed by atoms with van der Waals surface area (Å²) in [6.45, 7) is 3.44. The first-order valence-corrected chi connectivity index (χ1v) is 7.63. The van der Waals surface area contributed by atoms with Gasteiger partial charge in [0.15, 0.2) is 0 Å². The van der Waals surface area contributed by atoms with E-state index in [1.165, 1.54) is 7.11 Å². The molecular formula is C16H20N4O4. The number of benzene rings is 1. The maximum Gasteiger partial charge on any atom is 0.331 e. The van der Waals surface area contributed by atoms with Crippen LogP contribution in [0.1, 0.15) is 26.7 Å². The van der Waals surface area contributed by atoms with Gasteiger partial charge in [-0.1, -0.05) is 24.3 Å².